The zero-order chi connectivity index (χ0) is 15.1. The van der Waals surface area contributed by atoms with Crippen LogP contribution in [0.25, 0.3) is 0 Å². The van der Waals surface area contributed by atoms with Gasteiger partial charge in [-0.25, -0.2) is 0 Å². The van der Waals surface area contributed by atoms with E-state index in [1.165, 1.54) is 32.1 Å². The van der Waals surface area contributed by atoms with Crippen LogP contribution < -0.4 is 0 Å². The number of hydrogen-bond donors (Lipinski definition) is 1. The summed E-state index contributed by atoms with van der Waals surface area (Å²) in [5, 5.41) is 13.1. The van der Waals surface area contributed by atoms with Crippen molar-refractivity contribution in [1.29, 1.82) is 0 Å². The number of aliphatic hydroxyl groups excluding tert-OH is 1. The molecule has 22 heavy (non-hydrogen) atoms. The molecule has 0 bridgehead atoms. The maximum atomic E-state index is 9.18. The second-order valence-corrected chi connectivity index (χ2v) is 7.79. The first-order valence-corrected chi connectivity index (χ1v) is 9.24. The van der Waals surface area contributed by atoms with E-state index in [9.17, 15) is 5.11 Å². The molecule has 4 rings (SSSR count). The van der Waals surface area contributed by atoms with Crippen molar-refractivity contribution in [2.45, 2.75) is 12.8 Å². The first kappa shape index (κ1) is 14.6. The molecule has 0 aromatic heterocycles. The van der Waals surface area contributed by atoms with Crippen molar-refractivity contribution in [2.24, 2.45) is 4.99 Å². The number of thioether (sulfide) groups is 2. The van der Waals surface area contributed by atoms with Crippen LogP contribution in [-0.2, 0) is 0 Å². The Hall–Kier alpha value is -0.940. The molecule has 4 aliphatic rings. The van der Waals surface area contributed by atoms with E-state index in [1.54, 1.807) is 23.5 Å². The molecule has 0 saturated heterocycles. The van der Waals surface area contributed by atoms with Crippen molar-refractivity contribution in [3.05, 3.63) is 66.8 Å². The molecule has 0 saturated carbocycles. The van der Waals surface area contributed by atoms with Crippen molar-refractivity contribution in [2.75, 3.05) is 13.2 Å². The summed E-state index contributed by atoms with van der Waals surface area (Å²) in [5.41, 5.74) is 5.17. The molecule has 2 nitrogen and oxygen atoms in total. The van der Waals surface area contributed by atoms with Crippen molar-refractivity contribution in [3.8, 4) is 0 Å². The molecule has 0 fully saturated rings. The van der Waals surface area contributed by atoms with Gasteiger partial charge in [-0.1, -0.05) is 47.3 Å². The van der Waals surface area contributed by atoms with Gasteiger partial charge in [0.15, 0.2) is 0 Å². The van der Waals surface area contributed by atoms with Gasteiger partial charge >= 0.3 is 0 Å². The fraction of sp³-hybridized carbons (Fsp3) is 0.235. The Morgan fingerprint density at radius 2 is 2.14 bits per heavy atom. The number of rotatable bonds is 2. The van der Waals surface area contributed by atoms with E-state index in [-0.39, 0.29) is 6.61 Å². The normalized spacial score (nSPS) is 23.2. The Morgan fingerprint density at radius 1 is 1.23 bits per heavy atom. The summed E-state index contributed by atoms with van der Waals surface area (Å²) in [7, 11) is 0. The second-order valence-electron chi connectivity index (χ2n) is 5.35. The highest BCUT2D eigenvalue weighted by atomic mass is 35.5. The predicted octanol–water partition coefficient (Wildman–Crippen LogP) is 4.68. The molecule has 0 aromatic carbocycles. The average Bonchev–Trinajstić information content (AvgIpc) is 2.81. The summed E-state index contributed by atoms with van der Waals surface area (Å²) in [6, 6.07) is 0. The largest absolute Gasteiger partial charge is 0.396 e. The molecule has 5 heteroatoms. The van der Waals surface area contributed by atoms with Crippen molar-refractivity contribution >= 4 is 40.2 Å². The number of aliphatic imine (C=N–C) groups is 1. The minimum absolute atomic E-state index is 0.144. The Labute approximate surface area is 143 Å². The van der Waals surface area contributed by atoms with Gasteiger partial charge in [0.25, 0.3) is 0 Å². The molecule has 0 atom stereocenters. The molecule has 112 valence electrons. The summed E-state index contributed by atoms with van der Waals surface area (Å²) in [5.74, 6) is 0. The van der Waals surface area contributed by atoms with Gasteiger partial charge in [0.1, 0.15) is 0 Å². The van der Waals surface area contributed by atoms with Crippen molar-refractivity contribution in [3.63, 3.8) is 0 Å². The van der Waals surface area contributed by atoms with Crippen LogP contribution in [0.5, 0.6) is 0 Å². The zero-order valence-corrected chi connectivity index (χ0v) is 14.2. The number of halogens is 1. The molecule has 0 spiro atoms. The number of fused-ring (bicyclic) bond motifs is 3. The van der Waals surface area contributed by atoms with Gasteiger partial charge in [0, 0.05) is 34.3 Å². The van der Waals surface area contributed by atoms with E-state index < -0.39 is 0 Å². The quantitative estimate of drug-likeness (QED) is 0.787. The van der Waals surface area contributed by atoms with Crippen molar-refractivity contribution in [1.82, 2.24) is 0 Å². The topological polar surface area (TPSA) is 32.6 Å². The lowest BCUT2D eigenvalue weighted by Gasteiger charge is -2.19. The third-order valence-corrected chi connectivity index (χ3v) is 6.43. The van der Waals surface area contributed by atoms with Crippen LogP contribution in [-0.4, -0.2) is 23.3 Å². The van der Waals surface area contributed by atoms with Gasteiger partial charge in [0.2, 0.25) is 0 Å². The third kappa shape index (κ3) is 2.48. The standard InChI is InChI=1S/C17H14ClNOS2/c18-12-6-11-9-19-15(3-4-20)22-17(11)13-7-10-2-1-5-21-16(10)14(13)8-12/h1-2,5-6,8,20H,3-4,7,9H2. The van der Waals surface area contributed by atoms with E-state index in [0.717, 1.165) is 16.5 Å². The SMILES string of the molecule is OCCC1=NCC2=CC(Cl)=CC3=C4SC=CC=C4CC3=C2S1. The van der Waals surface area contributed by atoms with Crippen LogP contribution >= 0.6 is 35.1 Å². The highest BCUT2D eigenvalue weighted by molar-refractivity contribution is 8.17. The fourth-order valence-electron chi connectivity index (χ4n) is 2.97. The monoisotopic (exact) mass is 347 g/mol. The molecule has 2 aliphatic carbocycles. The fourth-order valence-corrected chi connectivity index (χ4v) is 5.22. The predicted molar refractivity (Wildman–Crippen MR) is 97.1 cm³/mol. The van der Waals surface area contributed by atoms with Crippen LogP contribution in [0.2, 0.25) is 0 Å². The van der Waals surface area contributed by atoms with E-state index >= 15 is 0 Å². The summed E-state index contributed by atoms with van der Waals surface area (Å²) < 4.78 is 0. The summed E-state index contributed by atoms with van der Waals surface area (Å²) in [4.78, 5) is 7.17. The maximum absolute atomic E-state index is 9.18. The number of nitrogens with zero attached hydrogens (tertiary/aromatic N) is 1. The molecule has 0 radical (unpaired) electrons. The molecule has 0 amide bonds. The van der Waals surface area contributed by atoms with Gasteiger partial charge in [-0.3, -0.25) is 4.99 Å². The van der Waals surface area contributed by atoms with E-state index in [2.05, 4.69) is 28.6 Å². The lowest BCUT2D eigenvalue weighted by atomic mass is 10.1. The Kier molecular flexibility index (Phi) is 3.95. The minimum Gasteiger partial charge on any atom is -0.396 e. The van der Waals surface area contributed by atoms with Gasteiger partial charge in [-0.15, -0.1) is 0 Å². The second kappa shape index (κ2) is 5.93. The van der Waals surface area contributed by atoms with Crippen LogP contribution in [0.4, 0.5) is 0 Å². The first-order valence-electron chi connectivity index (χ1n) is 7.17. The van der Waals surface area contributed by atoms with Crippen LogP contribution in [0.15, 0.2) is 71.8 Å². The highest BCUT2D eigenvalue weighted by Crippen LogP contribution is 2.51. The summed E-state index contributed by atoms with van der Waals surface area (Å²) >= 11 is 9.88. The molecular formula is C17H14ClNOS2. The van der Waals surface area contributed by atoms with E-state index in [1.807, 2.05) is 6.08 Å². The highest BCUT2D eigenvalue weighted by Gasteiger charge is 2.31. The average molecular weight is 348 g/mol. The maximum Gasteiger partial charge on any atom is 0.0750 e. The summed E-state index contributed by atoms with van der Waals surface area (Å²) in [6.45, 7) is 0.795. The van der Waals surface area contributed by atoms with E-state index in [4.69, 9.17) is 11.6 Å². The Balaban J connectivity index is 1.85. The van der Waals surface area contributed by atoms with E-state index in [0.29, 0.717) is 13.0 Å². The molecule has 2 heterocycles. The third-order valence-electron chi connectivity index (χ3n) is 3.92. The Bertz CT molecular complexity index is 766. The van der Waals surface area contributed by atoms with Gasteiger partial charge in [-0.05, 0) is 39.9 Å². The minimum atomic E-state index is 0.144. The van der Waals surface area contributed by atoms with Gasteiger partial charge in [0.05, 0.1) is 11.6 Å². The van der Waals surface area contributed by atoms with Crippen LogP contribution in [0.3, 0.4) is 0 Å². The number of allylic oxidation sites excluding steroid dienone is 8. The smallest absolute Gasteiger partial charge is 0.0750 e. The van der Waals surface area contributed by atoms with Gasteiger partial charge in [-0.2, -0.15) is 0 Å². The Morgan fingerprint density at radius 3 is 3.00 bits per heavy atom. The molecular weight excluding hydrogens is 334 g/mol. The first-order chi connectivity index (χ1) is 10.8. The molecule has 0 aromatic rings. The lowest BCUT2D eigenvalue weighted by Crippen LogP contribution is -2.08. The molecule has 1 N–H and O–H groups in total. The molecule has 0 unspecified atom stereocenters. The van der Waals surface area contributed by atoms with Crippen LogP contribution in [0, 0.1) is 0 Å². The molecule has 2 aliphatic heterocycles. The number of aliphatic hydroxyl groups is 1. The number of hydrogen-bond acceptors (Lipinski definition) is 4. The van der Waals surface area contributed by atoms with Gasteiger partial charge < -0.3 is 5.11 Å². The van der Waals surface area contributed by atoms with Crippen LogP contribution in [0.1, 0.15) is 12.8 Å². The summed E-state index contributed by atoms with van der Waals surface area (Å²) in [6.07, 6.45) is 10.0. The lowest BCUT2D eigenvalue weighted by molar-refractivity contribution is 0.308. The zero-order valence-electron chi connectivity index (χ0n) is 11.8. The van der Waals surface area contributed by atoms with Crippen molar-refractivity contribution < 1.29 is 5.11 Å².